The molecule has 3 aliphatic rings. The molecule has 0 saturated carbocycles. The first kappa shape index (κ1) is 23.0. The van der Waals surface area contributed by atoms with Crippen molar-refractivity contribution in [1.29, 1.82) is 0 Å². The summed E-state index contributed by atoms with van der Waals surface area (Å²) >= 11 is 0. The van der Waals surface area contributed by atoms with Crippen LogP contribution in [0.25, 0.3) is 0 Å². The van der Waals surface area contributed by atoms with Crippen molar-refractivity contribution >= 4 is 10.0 Å². The van der Waals surface area contributed by atoms with Gasteiger partial charge in [-0.1, -0.05) is 6.07 Å². The summed E-state index contributed by atoms with van der Waals surface area (Å²) in [7, 11) is -4.10. The highest BCUT2D eigenvalue weighted by Crippen LogP contribution is 2.45. The molecule has 0 bridgehead atoms. The predicted octanol–water partition coefficient (Wildman–Crippen LogP) is 4.71. The number of sulfonamides is 1. The van der Waals surface area contributed by atoms with Gasteiger partial charge in [0.25, 0.3) is 0 Å². The van der Waals surface area contributed by atoms with Crippen molar-refractivity contribution in [3.8, 4) is 0 Å². The van der Waals surface area contributed by atoms with Crippen LogP contribution >= 0.6 is 0 Å². The van der Waals surface area contributed by atoms with E-state index in [9.17, 15) is 26.0 Å². The second kappa shape index (κ2) is 8.98. The topological polar surface area (TPSA) is 40.6 Å². The summed E-state index contributed by atoms with van der Waals surface area (Å²) < 4.78 is 81.1. The third-order valence-electron chi connectivity index (χ3n) is 7.28. The number of nitrogens with zero attached hydrogens (tertiary/aromatic N) is 2. The molecule has 0 unspecified atom stereocenters. The molecule has 31 heavy (non-hydrogen) atoms. The minimum absolute atomic E-state index is 0.146. The van der Waals surface area contributed by atoms with E-state index >= 15 is 0 Å². The molecule has 0 spiro atoms. The van der Waals surface area contributed by atoms with Crippen molar-refractivity contribution in [3.05, 3.63) is 29.8 Å². The molecule has 0 amide bonds. The fourth-order valence-corrected chi connectivity index (χ4v) is 7.81. The summed E-state index contributed by atoms with van der Waals surface area (Å²) in [6, 6.07) is 4.07. The Hall–Kier alpha value is -1.19. The van der Waals surface area contributed by atoms with Crippen LogP contribution in [0.1, 0.15) is 50.5 Å². The van der Waals surface area contributed by atoms with Crippen molar-refractivity contribution in [1.82, 2.24) is 9.21 Å². The van der Waals surface area contributed by atoms with Gasteiger partial charge in [0, 0.05) is 18.6 Å². The van der Waals surface area contributed by atoms with Crippen LogP contribution in [0.3, 0.4) is 0 Å². The Morgan fingerprint density at radius 3 is 2.52 bits per heavy atom. The fourth-order valence-electron chi connectivity index (χ4n) is 6.01. The normalized spacial score (nSPS) is 30.2. The molecular weight excluding hydrogens is 432 g/mol. The molecule has 4 atom stereocenters. The van der Waals surface area contributed by atoms with Crippen molar-refractivity contribution in [2.75, 3.05) is 26.3 Å². The maximum Gasteiger partial charge on any atom is 0.416 e. The first-order valence-electron chi connectivity index (χ1n) is 11.2. The van der Waals surface area contributed by atoms with Crippen LogP contribution < -0.4 is 0 Å². The molecule has 1 aromatic rings. The minimum atomic E-state index is -4.60. The average molecular weight is 463 g/mol. The number of unbranched alkanes of at least 4 members (excludes halogenated alkanes) is 1. The monoisotopic (exact) mass is 462 g/mol. The lowest BCUT2D eigenvalue weighted by molar-refractivity contribution is -0.137. The van der Waals surface area contributed by atoms with E-state index in [4.69, 9.17) is 0 Å². The second-order valence-corrected chi connectivity index (χ2v) is 11.0. The molecule has 3 heterocycles. The van der Waals surface area contributed by atoms with Crippen LogP contribution in [0.15, 0.2) is 29.2 Å². The third-order valence-corrected chi connectivity index (χ3v) is 9.16. The molecule has 4 rings (SSSR count). The fraction of sp³-hybridized carbons (Fsp3) is 0.727. The highest BCUT2D eigenvalue weighted by Gasteiger charge is 2.51. The molecule has 0 aliphatic carbocycles. The Labute approximate surface area is 181 Å². The summed E-state index contributed by atoms with van der Waals surface area (Å²) in [4.78, 5) is 2.18. The van der Waals surface area contributed by atoms with Gasteiger partial charge in [-0.15, -0.1) is 0 Å². The minimum Gasteiger partial charge on any atom is -0.300 e. The number of piperidine rings is 3. The highest BCUT2D eigenvalue weighted by atomic mass is 32.2. The molecule has 174 valence electrons. The largest absolute Gasteiger partial charge is 0.416 e. The van der Waals surface area contributed by atoms with Crippen LogP contribution in [-0.4, -0.2) is 56.0 Å². The van der Waals surface area contributed by atoms with Gasteiger partial charge in [-0.3, -0.25) is 9.29 Å². The van der Waals surface area contributed by atoms with Crippen molar-refractivity contribution in [2.45, 2.75) is 68.1 Å². The van der Waals surface area contributed by atoms with E-state index in [1.165, 1.54) is 10.4 Å². The van der Waals surface area contributed by atoms with E-state index in [0.717, 1.165) is 57.0 Å². The molecule has 0 aromatic heterocycles. The maximum absolute atomic E-state index is 13.6. The zero-order chi connectivity index (χ0) is 22.2. The van der Waals surface area contributed by atoms with Gasteiger partial charge in [0.05, 0.1) is 17.1 Å². The lowest BCUT2D eigenvalue weighted by atomic mass is 9.70. The number of hydrogen-bond acceptors (Lipinski definition) is 3. The van der Waals surface area contributed by atoms with E-state index in [1.54, 1.807) is 0 Å². The average Bonchev–Trinajstić information content (AvgIpc) is 2.75. The lowest BCUT2D eigenvalue weighted by Crippen LogP contribution is -2.65. The van der Waals surface area contributed by atoms with E-state index < -0.39 is 28.4 Å². The van der Waals surface area contributed by atoms with E-state index in [1.807, 2.05) is 0 Å². The molecule has 4 nitrogen and oxygen atoms in total. The number of alkyl halides is 4. The van der Waals surface area contributed by atoms with Gasteiger partial charge in [-0.05, 0) is 88.1 Å². The van der Waals surface area contributed by atoms with Gasteiger partial charge in [-0.2, -0.15) is 17.5 Å². The summed E-state index contributed by atoms with van der Waals surface area (Å²) in [5, 5.41) is 0. The Morgan fingerprint density at radius 2 is 1.81 bits per heavy atom. The summed E-state index contributed by atoms with van der Waals surface area (Å²) in [6.45, 7) is 1.93. The first-order chi connectivity index (χ1) is 14.7. The smallest absolute Gasteiger partial charge is 0.300 e. The molecule has 3 fully saturated rings. The highest BCUT2D eigenvalue weighted by molar-refractivity contribution is 7.89. The third kappa shape index (κ3) is 4.50. The van der Waals surface area contributed by atoms with Crippen LogP contribution in [0.2, 0.25) is 0 Å². The van der Waals surface area contributed by atoms with Gasteiger partial charge >= 0.3 is 6.18 Å². The van der Waals surface area contributed by atoms with Crippen LogP contribution in [0.5, 0.6) is 0 Å². The molecular formula is C22H30F4N2O2S. The van der Waals surface area contributed by atoms with Gasteiger partial charge < -0.3 is 0 Å². The first-order valence-corrected chi connectivity index (χ1v) is 12.7. The lowest BCUT2D eigenvalue weighted by Gasteiger charge is -2.57. The molecule has 3 aliphatic heterocycles. The maximum atomic E-state index is 13.6. The van der Waals surface area contributed by atoms with Crippen LogP contribution in [0.4, 0.5) is 17.6 Å². The number of rotatable bonds is 6. The number of hydrogen-bond donors (Lipinski definition) is 0. The van der Waals surface area contributed by atoms with Crippen LogP contribution in [0, 0.1) is 11.8 Å². The standard InChI is InChI=1S/C22H30F4N2O2S/c23-11-2-1-10-20-19-9-5-13-27-12-4-6-16(21(19)27)15-28(20)31(29,30)18-8-3-7-17(14-18)22(24,25)26/h3,7-8,14,16,19-21H,1-2,4-6,9-13,15H2/t16-,19+,20+,21-/m0/s1. The van der Waals surface area contributed by atoms with Crippen molar-refractivity contribution < 1.29 is 26.0 Å². The summed E-state index contributed by atoms with van der Waals surface area (Å²) in [5.41, 5.74) is -0.959. The van der Waals surface area contributed by atoms with Gasteiger partial charge in [0.15, 0.2) is 0 Å². The van der Waals surface area contributed by atoms with E-state index in [0.29, 0.717) is 31.8 Å². The molecule has 0 radical (unpaired) electrons. The zero-order valence-corrected chi connectivity index (χ0v) is 18.3. The zero-order valence-electron chi connectivity index (χ0n) is 17.5. The molecule has 9 heteroatoms. The van der Waals surface area contributed by atoms with E-state index in [2.05, 4.69) is 4.90 Å². The van der Waals surface area contributed by atoms with Crippen molar-refractivity contribution in [2.24, 2.45) is 11.8 Å². The summed E-state index contributed by atoms with van der Waals surface area (Å²) in [6.07, 6.45) is 0.733. The second-order valence-electron chi connectivity index (χ2n) is 9.09. The quantitative estimate of drug-likeness (QED) is 0.454. The molecule has 3 saturated heterocycles. The Balaban J connectivity index is 1.70. The van der Waals surface area contributed by atoms with E-state index in [-0.39, 0.29) is 22.8 Å². The SMILES string of the molecule is O=S(=O)(c1cccc(C(F)(F)F)c1)N1C[C@@H]2CCCN3CCC[C@@H]([C@H]23)[C@H]1CCCCF. The van der Waals surface area contributed by atoms with Crippen molar-refractivity contribution in [3.63, 3.8) is 0 Å². The predicted molar refractivity (Wildman–Crippen MR) is 110 cm³/mol. The number of halogens is 4. The Kier molecular flexibility index (Phi) is 6.66. The Bertz CT molecular complexity index is 875. The van der Waals surface area contributed by atoms with Gasteiger partial charge in [0.1, 0.15) is 0 Å². The van der Waals surface area contributed by atoms with Crippen LogP contribution in [-0.2, 0) is 16.2 Å². The number of benzene rings is 1. The Morgan fingerprint density at radius 1 is 1.06 bits per heavy atom. The van der Waals surface area contributed by atoms with Gasteiger partial charge in [0.2, 0.25) is 10.0 Å². The molecule has 1 aromatic carbocycles. The summed E-state index contributed by atoms with van der Waals surface area (Å²) in [5.74, 6) is 0.338. The van der Waals surface area contributed by atoms with Gasteiger partial charge in [-0.25, -0.2) is 8.42 Å². The molecule has 0 N–H and O–H groups in total.